The van der Waals surface area contributed by atoms with Crippen molar-refractivity contribution < 1.29 is 18.0 Å². The summed E-state index contributed by atoms with van der Waals surface area (Å²) in [5.74, 6) is -0.758. The number of rotatable bonds is 5. The van der Waals surface area contributed by atoms with Crippen LogP contribution in [0.2, 0.25) is 0 Å². The summed E-state index contributed by atoms with van der Waals surface area (Å²) >= 11 is 0. The lowest BCUT2D eigenvalue weighted by atomic mass is 10.2. The van der Waals surface area contributed by atoms with Gasteiger partial charge in [-0.15, -0.1) is 0 Å². The summed E-state index contributed by atoms with van der Waals surface area (Å²) in [5.41, 5.74) is 2.16. The Morgan fingerprint density at radius 3 is 1.86 bits per heavy atom. The molecule has 0 fully saturated rings. The maximum atomic E-state index is 12.3. The Bertz CT molecular complexity index is 1110. The van der Waals surface area contributed by atoms with Crippen LogP contribution in [0.4, 0.5) is 16.2 Å². The zero-order valence-corrected chi connectivity index (χ0v) is 16.4. The van der Waals surface area contributed by atoms with Crippen molar-refractivity contribution in [1.29, 1.82) is 0 Å². The Labute approximate surface area is 168 Å². The minimum atomic E-state index is -3.97. The Kier molecular flexibility index (Phi) is 5.94. The average molecular weight is 409 g/mol. The standard InChI is InChI=1S/C21H19N3O4S/c1-15-7-13-19(14-8-15)29(27,28)24-20(25)16-9-11-18(12-10-16)23-21(26)22-17-5-3-2-4-6-17/h2-14H,1H3,(H,24,25)(H2,22,23,26). The van der Waals surface area contributed by atoms with Crippen LogP contribution in [-0.2, 0) is 10.0 Å². The van der Waals surface area contributed by atoms with Gasteiger partial charge in [0.2, 0.25) is 0 Å². The molecular weight excluding hydrogens is 390 g/mol. The Balaban J connectivity index is 1.62. The number of para-hydroxylation sites is 1. The van der Waals surface area contributed by atoms with Crippen LogP contribution in [0.15, 0.2) is 83.8 Å². The third kappa shape index (κ3) is 5.43. The number of nitrogens with one attached hydrogen (secondary N) is 3. The smallest absolute Gasteiger partial charge is 0.308 e. The van der Waals surface area contributed by atoms with Crippen LogP contribution in [0, 0.1) is 6.92 Å². The van der Waals surface area contributed by atoms with Crippen LogP contribution in [0.5, 0.6) is 0 Å². The highest BCUT2D eigenvalue weighted by Crippen LogP contribution is 2.14. The summed E-state index contributed by atoms with van der Waals surface area (Å²) < 4.78 is 26.7. The van der Waals surface area contributed by atoms with Crippen LogP contribution in [-0.4, -0.2) is 20.4 Å². The van der Waals surface area contributed by atoms with Crippen molar-refractivity contribution in [3.8, 4) is 0 Å². The molecule has 3 amide bonds. The van der Waals surface area contributed by atoms with Gasteiger partial charge in [0.25, 0.3) is 15.9 Å². The van der Waals surface area contributed by atoms with E-state index >= 15 is 0 Å². The molecule has 0 atom stereocenters. The molecule has 0 bridgehead atoms. The number of carbonyl (C=O) groups is 2. The van der Waals surface area contributed by atoms with Gasteiger partial charge in [0, 0.05) is 16.9 Å². The second-order valence-electron chi connectivity index (χ2n) is 6.27. The van der Waals surface area contributed by atoms with Gasteiger partial charge in [0.1, 0.15) is 0 Å². The molecule has 0 aliphatic carbocycles. The minimum absolute atomic E-state index is 0.00678. The number of hydrogen-bond donors (Lipinski definition) is 3. The highest BCUT2D eigenvalue weighted by atomic mass is 32.2. The molecule has 7 nitrogen and oxygen atoms in total. The number of amides is 3. The molecule has 0 heterocycles. The van der Waals surface area contributed by atoms with Crippen molar-refractivity contribution in [3.63, 3.8) is 0 Å². The minimum Gasteiger partial charge on any atom is -0.308 e. The van der Waals surface area contributed by atoms with Gasteiger partial charge in [-0.3, -0.25) is 4.79 Å². The molecule has 0 spiro atoms. The third-order valence-corrected chi connectivity index (χ3v) is 5.34. The lowest BCUT2D eigenvalue weighted by molar-refractivity contribution is 0.0981. The van der Waals surface area contributed by atoms with E-state index in [1.165, 1.54) is 36.4 Å². The first-order valence-corrected chi connectivity index (χ1v) is 10.2. The van der Waals surface area contributed by atoms with E-state index in [1.54, 1.807) is 36.4 Å². The van der Waals surface area contributed by atoms with Crippen LogP contribution in [0.1, 0.15) is 15.9 Å². The van der Waals surface area contributed by atoms with Gasteiger partial charge in [-0.25, -0.2) is 17.9 Å². The second-order valence-corrected chi connectivity index (χ2v) is 7.95. The molecule has 0 aliphatic heterocycles. The van der Waals surface area contributed by atoms with Gasteiger partial charge in [0.15, 0.2) is 0 Å². The zero-order chi connectivity index (χ0) is 20.9. The van der Waals surface area contributed by atoms with E-state index in [4.69, 9.17) is 0 Å². The summed E-state index contributed by atoms with van der Waals surface area (Å²) in [6.45, 7) is 1.84. The molecule has 3 N–H and O–H groups in total. The Morgan fingerprint density at radius 2 is 1.28 bits per heavy atom. The van der Waals surface area contributed by atoms with Gasteiger partial charge in [-0.2, -0.15) is 0 Å². The molecule has 0 unspecified atom stereocenters. The molecule has 0 saturated heterocycles. The fraction of sp³-hybridized carbons (Fsp3) is 0.0476. The van der Waals surface area contributed by atoms with Crippen LogP contribution >= 0.6 is 0 Å². The molecule has 0 aliphatic rings. The fourth-order valence-electron chi connectivity index (χ4n) is 2.48. The summed E-state index contributed by atoms with van der Waals surface area (Å²) in [7, 11) is -3.97. The van der Waals surface area contributed by atoms with Crippen LogP contribution < -0.4 is 15.4 Å². The first-order chi connectivity index (χ1) is 13.8. The number of hydrogen-bond acceptors (Lipinski definition) is 4. The first-order valence-electron chi connectivity index (χ1n) is 8.70. The van der Waals surface area contributed by atoms with Crippen molar-refractivity contribution in [2.45, 2.75) is 11.8 Å². The van der Waals surface area contributed by atoms with Gasteiger partial charge >= 0.3 is 6.03 Å². The molecule has 0 aromatic heterocycles. The molecule has 148 valence electrons. The molecule has 29 heavy (non-hydrogen) atoms. The normalized spacial score (nSPS) is 10.8. The molecule has 0 radical (unpaired) electrons. The largest absolute Gasteiger partial charge is 0.323 e. The summed E-state index contributed by atoms with van der Waals surface area (Å²) in [6, 6.07) is 20.6. The van der Waals surface area contributed by atoms with Gasteiger partial charge in [-0.05, 0) is 55.5 Å². The van der Waals surface area contributed by atoms with E-state index in [9.17, 15) is 18.0 Å². The monoisotopic (exact) mass is 409 g/mol. The molecule has 0 saturated carbocycles. The van der Waals surface area contributed by atoms with E-state index in [0.29, 0.717) is 11.4 Å². The maximum absolute atomic E-state index is 12.3. The molecule has 3 aromatic carbocycles. The number of carbonyl (C=O) groups excluding carboxylic acids is 2. The number of anilines is 2. The topological polar surface area (TPSA) is 104 Å². The third-order valence-electron chi connectivity index (χ3n) is 3.99. The number of urea groups is 1. The van der Waals surface area contributed by atoms with E-state index in [2.05, 4.69) is 10.6 Å². The van der Waals surface area contributed by atoms with E-state index < -0.39 is 22.0 Å². The van der Waals surface area contributed by atoms with Crippen molar-refractivity contribution >= 4 is 33.3 Å². The van der Waals surface area contributed by atoms with Crippen molar-refractivity contribution in [1.82, 2.24) is 4.72 Å². The predicted molar refractivity (Wildman–Crippen MR) is 111 cm³/mol. The maximum Gasteiger partial charge on any atom is 0.323 e. The SMILES string of the molecule is Cc1ccc(S(=O)(=O)NC(=O)c2ccc(NC(=O)Nc3ccccc3)cc2)cc1. The van der Waals surface area contributed by atoms with Crippen molar-refractivity contribution in [2.75, 3.05) is 10.6 Å². The quantitative estimate of drug-likeness (QED) is 0.597. The molecule has 8 heteroatoms. The number of aryl methyl sites for hydroxylation is 1. The van der Waals surface area contributed by atoms with Gasteiger partial charge in [0.05, 0.1) is 4.90 Å². The lowest BCUT2D eigenvalue weighted by Crippen LogP contribution is -2.30. The highest BCUT2D eigenvalue weighted by Gasteiger charge is 2.18. The Morgan fingerprint density at radius 1 is 0.724 bits per heavy atom. The van der Waals surface area contributed by atoms with Gasteiger partial charge < -0.3 is 10.6 Å². The average Bonchev–Trinajstić information content (AvgIpc) is 2.69. The van der Waals surface area contributed by atoms with Crippen molar-refractivity contribution in [3.05, 3.63) is 90.0 Å². The van der Waals surface area contributed by atoms with E-state index in [1.807, 2.05) is 17.7 Å². The number of benzene rings is 3. The summed E-state index contributed by atoms with van der Waals surface area (Å²) in [4.78, 5) is 24.3. The molecular formula is C21H19N3O4S. The Hall–Kier alpha value is -3.65. The van der Waals surface area contributed by atoms with E-state index in [-0.39, 0.29) is 10.5 Å². The first kappa shape index (κ1) is 20.1. The van der Waals surface area contributed by atoms with Gasteiger partial charge in [-0.1, -0.05) is 35.9 Å². The molecule has 3 rings (SSSR count). The highest BCUT2D eigenvalue weighted by molar-refractivity contribution is 7.90. The second kappa shape index (κ2) is 8.57. The van der Waals surface area contributed by atoms with Crippen LogP contribution in [0.3, 0.4) is 0 Å². The lowest BCUT2D eigenvalue weighted by Gasteiger charge is -2.09. The summed E-state index contributed by atoms with van der Waals surface area (Å²) in [6.07, 6.45) is 0. The molecule has 3 aromatic rings. The van der Waals surface area contributed by atoms with Crippen molar-refractivity contribution in [2.24, 2.45) is 0 Å². The summed E-state index contributed by atoms with van der Waals surface area (Å²) in [5, 5.41) is 5.31. The van der Waals surface area contributed by atoms with Crippen LogP contribution in [0.25, 0.3) is 0 Å². The van der Waals surface area contributed by atoms with E-state index in [0.717, 1.165) is 5.56 Å². The predicted octanol–water partition coefficient (Wildman–Crippen LogP) is 3.76. The fourth-order valence-corrected chi connectivity index (χ4v) is 3.45. The zero-order valence-electron chi connectivity index (χ0n) is 15.5. The number of sulfonamides is 1.